The van der Waals surface area contributed by atoms with E-state index in [1.54, 1.807) is 24.3 Å². The fraction of sp³-hybridized carbons (Fsp3) is 0.652. The molecule has 2 N–H and O–H groups in total. The monoisotopic (exact) mass is 374 g/mol. The van der Waals surface area contributed by atoms with Crippen molar-refractivity contribution in [3.63, 3.8) is 0 Å². The van der Waals surface area contributed by atoms with Crippen molar-refractivity contribution in [1.29, 1.82) is 0 Å². The van der Waals surface area contributed by atoms with Crippen LogP contribution in [0.2, 0.25) is 0 Å². The summed E-state index contributed by atoms with van der Waals surface area (Å²) < 4.78 is 0. The summed E-state index contributed by atoms with van der Waals surface area (Å²) in [6.45, 7) is 20.4. The molecule has 0 saturated heterocycles. The lowest BCUT2D eigenvalue weighted by Crippen LogP contribution is -2.56. The Morgan fingerprint density at radius 2 is 1.33 bits per heavy atom. The molecule has 0 saturated carbocycles. The molecule has 1 aromatic carbocycles. The number of ketones is 1. The standard InChI is InChI=1S/C23H38N2O2/c1-20(2,3)18(26)16-12-11-13-17(14-16)19(27)24-22(7,8)15-23(9,10)25-21(4,5)6/h11-14,25H,15H2,1-10H3,(H,24,27). The van der Waals surface area contributed by atoms with Crippen molar-refractivity contribution in [3.8, 4) is 0 Å². The summed E-state index contributed by atoms with van der Waals surface area (Å²) in [4.78, 5) is 25.3. The lowest BCUT2D eigenvalue weighted by Gasteiger charge is -2.40. The van der Waals surface area contributed by atoms with Gasteiger partial charge < -0.3 is 10.6 Å². The zero-order chi connectivity index (χ0) is 21.3. The average molecular weight is 375 g/mol. The van der Waals surface area contributed by atoms with E-state index in [-0.39, 0.29) is 22.8 Å². The minimum Gasteiger partial charge on any atom is -0.347 e. The summed E-state index contributed by atoms with van der Waals surface area (Å²) in [5, 5.41) is 6.74. The molecule has 1 rings (SSSR count). The van der Waals surface area contributed by atoms with Gasteiger partial charge in [0.15, 0.2) is 5.78 Å². The number of nitrogens with one attached hydrogen (secondary N) is 2. The van der Waals surface area contributed by atoms with Crippen molar-refractivity contribution in [2.45, 2.75) is 92.3 Å². The lowest BCUT2D eigenvalue weighted by molar-refractivity contribution is 0.0858. The van der Waals surface area contributed by atoms with E-state index in [0.717, 1.165) is 6.42 Å². The third-order valence-corrected chi connectivity index (χ3v) is 4.12. The van der Waals surface area contributed by atoms with Crippen molar-refractivity contribution in [2.24, 2.45) is 5.41 Å². The first-order chi connectivity index (χ1) is 11.9. The average Bonchev–Trinajstić information content (AvgIpc) is 2.40. The first kappa shape index (κ1) is 23.4. The topological polar surface area (TPSA) is 58.2 Å². The molecule has 0 aromatic heterocycles. The van der Waals surface area contributed by atoms with Gasteiger partial charge in [-0.25, -0.2) is 0 Å². The number of carbonyl (C=O) groups is 2. The Labute approximate surface area is 165 Å². The zero-order valence-electron chi connectivity index (χ0n) is 18.8. The van der Waals surface area contributed by atoms with Gasteiger partial charge in [-0.1, -0.05) is 32.9 Å². The van der Waals surface area contributed by atoms with Gasteiger partial charge in [0.1, 0.15) is 0 Å². The number of carbonyl (C=O) groups excluding carboxylic acids is 2. The summed E-state index contributed by atoms with van der Waals surface area (Å²) in [6.07, 6.45) is 0.767. The molecule has 0 aliphatic rings. The van der Waals surface area contributed by atoms with Crippen molar-refractivity contribution in [3.05, 3.63) is 35.4 Å². The van der Waals surface area contributed by atoms with Gasteiger partial charge in [0.05, 0.1) is 0 Å². The molecule has 27 heavy (non-hydrogen) atoms. The van der Waals surface area contributed by atoms with E-state index in [2.05, 4.69) is 45.3 Å². The Balaban J connectivity index is 2.93. The SMILES string of the molecule is CC(C)(C)NC(C)(C)CC(C)(C)NC(=O)c1cccc(C(=O)C(C)(C)C)c1. The van der Waals surface area contributed by atoms with Gasteiger partial charge in [-0.15, -0.1) is 0 Å². The van der Waals surface area contributed by atoms with Crippen molar-refractivity contribution >= 4 is 11.7 Å². The van der Waals surface area contributed by atoms with Crippen LogP contribution in [0.25, 0.3) is 0 Å². The second-order valence-electron chi connectivity index (χ2n) is 10.9. The van der Waals surface area contributed by atoms with Crippen molar-refractivity contribution < 1.29 is 9.59 Å². The number of Topliss-reactive ketones (excluding diaryl/α,β-unsaturated/α-hetero) is 1. The molecular weight excluding hydrogens is 336 g/mol. The van der Waals surface area contributed by atoms with Crippen LogP contribution in [-0.4, -0.2) is 28.3 Å². The van der Waals surface area contributed by atoms with E-state index in [4.69, 9.17) is 0 Å². The molecule has 0 unspecified atom stereocenters. The third-order valence-electron chi connectivity index (χ3n) is 4.12. The second kappa shape index (κ2) is 7.75. The van der Waals surface area contributed by atoms with Gasteiger partial charge in [-0.2, -0.15) is 0 Å². The highest BCUT2D eigenvalue weighted by molar-refractivity contribution is 6.02. The van der Waals surface area contributed by atoms with E-state index in [0.29, 0.717) is 11.1 Å². The predicted molar refractivity (Wildman–Crippen MR) is 113 cm³/mol. The van der Waals surface area contributed by atoms with Gasteiger partial charge in [-0.05, 0) is 67.0 Å². The van der Waals surface area contributed by atoms with Gasteiger partial charge in [0.2, 0.25) is 0 Å². The molecule has 152 valence electrons. The molecule has 0 bridgehead atoms. The minimum atomic E-state index is -0.475. The molecule has 0 fully saturated rings. The minimum absolute atomic E-state index is 0.00869. The smallest absolute Gasteiger partial charge is 0.251 e. The number of hydrogen-bond acceptors (Lipinski definition) is 3. The van der Waals surface area contributed by atoms with E-state index in [1.165, 1.54) is 0 Å². The van der Waals surface area contributed by atoms with Gasteiger partial charge in [-0.3, -0.25) is 9.59 Å². The molecule has 0 radical (unpaired) electrons. The molecule has 4 nitrogen and oxygen atoms in total. The van der Waals surface area contributed by atoms with Crippen molar-refractivity contribution in [1.82, 2.24) is 10.6 Å². The summed E-state index contributed by atoms with van der Waals surface area (Å²) in [5.74, 6) is -0.123. The first-order valence-electron chi connectivity index (χ1n) is 9.69. The summed E-state index contributed by atoms with van der Waals surface area (Å²) in [7, 11) is 0. The molecule has 4 heteroatoms. The van der Waals surface area contributed by atoms with Crippen LogP contribution >= 0.6 is 0 Å². The zero-order valence-corrected chi connectivity index (χ0v) is 18.8. The highest BCUT2D eigenvalue weighted by atomic mass is 16.2. The number of hydrogen-bond donors (Lipinski definition) is 2. The van der Waals surface area contributed by atoms with Crippen LogP contribution in [-0.2, 0) is 0 Å². The molecule has 0 aliphatic carbocycles. The highest BCUT2D eigenvalue weighted by Crippen LogP contribution is 2.24. The van der Waals surface area contributed by atoms with Crippen LogP contribution in [0.15, 0.2) is 24.3 Å². The maximum absolute atomic E-state index is 12.8. The Hall–Kier alpha value is -1.68. The highest BCUT2D eigenvalue weighted by Gasteiger charge is 2.33. The molecule has 1 amide bonds. The lowest BCUT2D eigenvalue weighted by atomic mass is 9.84. The predicted octanol–water partition coefficient (Wildman–Crippen LogP) is 4.98. The molecule has 0 atom stereocenters. The summed E-state index contributed by atoms with van der Waals surface area (Å²) >= 11 is 0. The maximum Gasteiger partial charge on any atom is 0.251 e. The number of amides is 1. The summed E-state index contributed by atoms with van der Waals surface area (Å²) in [5.41, 5.74) is 0.0620. The van der Waals surface area contributed by atoms with Crippen LogP contribution in [0.5, 0.6) is 0 Å². The number of benzene rings is 1. The molecular formula is C23H38N2O2. The Morgan fingerprint density at radius 3 is 1.81 bits per heavy atom. The molecule has 0 heterocycles. The third kappa shape index (κ3) is 7.84. The Bertz CT molecular complexity index is 689. The summed E-state index contributed by atoms with van der Waals surface area (Å²) in [6, 6.07) is 6.98. The van der Waals surface area contributed by atoms with Crippen LogP contribution in [0.4, 0.5) is 0 Å². The first-order valence-corrected chi connectivity index (χ1v) is 9.69. The van der Waals surface area contributed by atoms with Gasteiger partial charge in [0, 0.05) is 33.2 Å². The Kier molecular flexibility index (Phi) is 6.70. The fourth-order valence-electron chi connectivity index (χ4n) is 3.82. The quantitative estimate of drug-likeness (QED) is 0.690. The van der Waals surface area contributed by atoms with E-state index >= 15 is 0 Å². The molecule has 0 aliphatic heterocycles. The normalized spacial score (nSPS) is 13.4. The maximum atomic E-state index is 12.8. The van der Waals surface area contributed by atoms with Crippen LogP contribution in [0.1, 0.15) is 96.4 Å². The Morgan fingerprint density at radius 1 is 0.815 bits per heavy atom. The van der Waals surface area contributed by atoms with Crippen molar-refractivity contribution in [2.75, 3.05) is 0 Å². The van der Waals surface area contributed by atoms with Gasteiger partial charge >= 0.3 is 0 Å². The van der Waals surface area contributed by atoms with Gasteiger partial charge in [0.25, 0.3) is 5.91 Å². The second-order valence-corrected chi connectivity index (χ2v) is 10.9. The fourth-order valence-corrected chi connectivity index (χ4v) is 3.82. The van der Waals surface area contributed by atoms with Crippen LogP contribution < -0.4 is 10.6 Å². The van der Waals surface area contributed by atoms with E-state index in [1.807, 2.05) is 34.6 Å². The largest absolute Gasteiger partial charge is 0.347 e. The van der Waals surface area contributed by atoms with E-state index < -0.39 is 11.0 Å². The molecule has 0 spiro atoms. The number of rotatable bonds is 6. The molecule has 1 aromatic rings. The van der Waals surface area contributed by atoms with Crippen LogP contribution in [0.3, 0.4) is 0 Å². The van der Waals surface area contributed by atoms with E-state index in [9.17, 15) is 9.59 Å². The van der Waals surface area contributed by atoms with Crippen LogP contribution in [0, 0.1) is 5.41 Å².